The highest BCUT2D eigenvalue weighted by Crippen LogP contribution is 2.27. The lowest BCUT2D eigenvalue weighted by molar-refractivity contribution is -0.120. The van der Waals surface area contributed by atoms with Crippen LogP contribution >= 0.6 is 0 Å². The molecule has 0 spiro atoms. The molecule has 0 atom stereocenters. The first-order chi connectivity index (χ1) is 9.72. The Balaban J connectivity index is 1.97. The second kappa shape index (κ2) is 6.75. The molecule has 0 saturated carbocycles. The first-order valence-electron chi connectivity index (χ1n) is 6.85. The van der Waals surface area contributed by atoms with Gasteiger partial charge in [0.2, 0.25) is 5.91 Å². The molecule has 5 nitrogen and oxygen atoms in total. The third-order valence-corrected chi connectivity index (χ3v) is 3.10. The van der Waals surface area contributed by atoms with Gasteiger partial charge >= 0.3 is 0 Å². The Kier molecular flexibility index (Phi) is 4.76. The molecule has 0 saturated heterocycles. The van der Waals surface area contributed by atoms with Gasteiger partial charge in [0.25, 0.3) is 0 Å². The lowest BCUT2D eigenvalue weighted by Gasteiger charge is -2.11. The van der Waals surface area contributed by atoms with Crippen molar-refractivity contribution in [3.05, 3.63) is 30.6 Å². The minimum Gasteiger partial charge on any atom is -0.397 e. The molecule has 1 aromatic heterocycles. The molecule has 0 radical (unpaired) electrons. The second-order valence-corrected chi connectivity index (χ2v) is 4.65. The summed E-state index contributed by atoms with van der Waals surface area (Å²) in [4.78, 5) is 15.6. The quantitative estimate of drug-likeness (QED) is 0.704. The van der Waals surface area contributed by atoms with Gasteiger partial charge in [-0.15, -0.1) is 0 Å². The topological polar surface area (TPSA) is 80.0 Å². The van der Waals surface area contributed by atoms with E-state index in [9.17, 15) is 4.79 Å². The van der Waals surface area contributed by atoms with Crippen molar-refractivity contribution >= 4 is 28.1 Å². The fraction of sp³-hybridized carbons (Fsp3) is 0.333. The summed E-state index contributed by atoms with van der Waals surface area (Å²) in [5, 5.41) is 8.03. The van der Waals surface area contributed by atoms with Gasteiger partial charge in [-0.2, -0.15) is 0 Å². The maximum atomic E-state index is 11.5. The van der Waals surface area contributed by atoms with Crippen molar-refractivity contribution in [2.24, 2.45) is 0 Å². The molecule has 0 fully saturated rings. The summed E-state index contributed by atoms with van der Waals surface area (Å²) in [6, 6.07) is 5.78. The zero-order chi connectivity index (χ0) is 14.4. The van der Waals surface area contributed by atoms with E-state index in [1.165, 1.54) is 0 Å². The van der Waals surface area contributed by atoms with E-state index in [-0.39, 0.29) is 5.91 Å². The van der Waals surface area contributed by atoms with E-state index in [0.717, 1.165) is 29.4 Å². The predicted molar refractivity (Wildman–Crippen MR) is 82.6 cm³/mol. The molecule has 1 heterocycles. The summed E-state index contributed by atoms with van der Waals surface area (Å²) in [5.41, 5.74) is 7.67. The fourth-order valence-electron chi connectivity index (χ4n) is 2.01. The molecular formula is C15H20N4O. The zero-order valence-electron chi connectivity index (χ0n) is 11.6. The van der Waals surface area contributed by atoms with Crippen molar-refractivity contribution in [3.63, 3.8) is 0 Å². The number of carbonyl (C=O) groups is 1. The molecule has 0 unspecified atom stereocenters. The number of rotatable bonds is 6. The highest BCUT2D eigenvalue weighted by Gasteiger charge is 2.05. The van der Waals surface area contributed by atoms with E-state index >= 15 is 0 Å². The van der Waals surface area contributed by atoms with Crippen LogP contribution in [0.3, 0.4) is 0 Å². The van der Waals surface area contributed by atoms with Crippen LogP contribution in [0.2, 0.25) is 0 Å². The summed E-state index contributed by atoms with van der Waals surface area (Å²) in [6.45, 7) is 3.32. The van der Waals surface area contributed by atoms with Crippen molar-refractivity contribution < 1.29 is 4.79 Å². The van der Waals surface area contributed by atoms with Crippen LogP contribution in [-0.2, 0) is 4.79 Å². The number of nitrogens with two attached hydrogens (primary N) is 1. The molecule has 106 valence electrons. The Morgan fingerprint density at radius 2 is 2.15 bits per heavy atom. The predicted octanol–water partition coefficient (Wildman–Crippen LogP) is 2.15. The number of nitrogens with zero attached hydrogens (tertiary/aromatic N) is 1. The second-order valence-electron chi connectivity index (χ2n) is 4.65. The van der Waals surface area contributed by atoms with Crippen molar-refractivity contribution in [2.45, 2.75) is 19.8 Å². The molecule has 1 amide bonds. The molecule has 1 aromatic carbocycles. The zero-order valence-corrected chi connectivity index (χ0v) is 11.6. The fourth-order valence-corrected chi connectivity index (χ4v) is 2.01. The largest absolute Gasteiger partial charge is 0.397 e. The maximum Gasteiger partial charge on any atom is 0.221 e. The number of carbonyl (C=O) groups excluding carboxylic acids is 1. The number of hydrogen-bond acceptors (Lipinski definition) is 4. The van der Waals surface area contributed by atoms with Gasteiger partial charge in [-0.25, -0.2) is 0 Å². The average Bonchev–Trinajstić information content (AvgIpc) is 2.48. The van der Waals surface area contributed by atoms with Gasteiger partial charge < -0.3 is 16.4 Å². The average molecular weight is 272 g/mol. The number of pyridine rings is 1. The molecule has 0 bridgehead atoms. The smallest absolute Gasteiger partial charge is 0.221 e. The van der Waals surface area contributed by atoms with Crippen LogP contribution in [0.4, 0.5) is 11.4 Å². The van der Waals surface area contributed by atoms with E-state index < -0.39 is 0 Å². The van der Waals surface area contributed by atoms with Gasteiger partial charge in [0.15, 0.2) is 0 Å². The van der Waals surface area contributed by atoms with Gasteiger partial charge in [-0.05, 0) is 18.6 Å². The van der Waals surface area contributed by atoms with E-state index in [1.54, 1.807) is 12.4 Å². The molecule has 5 heteroatoms. The number of nitrogen functional groups attached to an aromatic ring is 1. The number of aromatic nitrogens is 1. The van der Waals surface area contributed by atoms with Crippen LogP contribution in [0.5, 0.6) is 0 Å². The standard InChI is InChI=1S/C15H20N4O/c1-2-7-19-14(20)6-9-18-13-4-3-11-10-17-8-5-12(11)15(13)16/h3-5,8,10,18H,2,6-7,9,16H2,1H3,(H,19,20). The van der Waals surface area contributed by atoms with Crippen LogP contribution in [-0.4, -0.2) is 24.0 Å². The normalized spacial score (nSPS) is 10.4. The Labute approximate surface area is 118 Å². The maximum absolute atomic E-state index is 11.5. The molecule has 0 aliphatic rings. The first-order valence-corrected chi connectivity index (χ1v) is 6.85. The van der Waals surface area contributed by atoms with E-state index in [2.05, 4.69) is 15.6 Å². The lowest BCUT2D eigenvalue weighted by Crippen LogP contribution is -2.25. The van der Waals surface area contributed by atoms with E-state index in [4.69, 9.17) is 5.73 Å². The lowest BCUT2D eigenvalue weighted by atomic mass is 10.1. The van der Waals surface area contributed by atoms with Crippen LogP contribution in [0.25, 0.3) is 10.8 Å². The van der Waals surface area contributed by atoms with Crippen molar-refractivity contribution in [2.75, 3.05) is 24.1 Å². The van der Waals surface area contributed by atoms with Crippen LogP contribution in [0.15, 0.2) is 30.6 Å². The van der Waals surface area contributed by atoms with Crippen molar-refractivity contribution in [1.82, 2.24) is 10.3 Å². The number of fused-ring (bicyclic) bond motifs is 1. The molecule has 0 aliphatic heterocycles. The van der Waals surface area contributed by atoms with E-state index in [0.29, 0.717) is 18.7 Å². The molecule has 0 aliphatic carbocycles. The number of nitrogens with one attached hydrogen (secondary N) is 2. The Hall–Kier alpha value is -2.30. The minimum atomic E-state index is 0.0583. The molecule has 20 heavy (non-hydrogen) atoms. The number of benzene rings is 1. The number of hydrogen-bond donors (Lipinski definition) is 3. The molecule has 4 N–H and O–H groups in total. The molecular weight excluding hydrogens is 252 g/mol. The highest BCUT2D eigenvalue weighted by molar-refractivity contribution is 5.98. The van der Waals surface area contributed by atoms with Crippen molar-refractivity contribution in [3.8, 4) is 0 Å². The van der Waals surface area contributed by atoms with Gasteiger partial charge in [0.1, 0.15) is 0 Å². The highest BCUT2D eigenvalue weighted by atomic mass is 16.1. The van der Waals surface area contributed by atoms with Gasteiger partial charge in [0, 0.05) is 42.7 Å². The Morgan fingerprint density at radius 1 is 1.30 bits per heavy atom. The summed E-state index contributed by atoms with van der Waals surface area (Å²) >= 11 is 0. The first kappa shape index (κ1) is 14.1. The van der Waals surface area contributed by atoms with Crippen LogP contribution in [0.1, 0.15) is 19.8 Å². The Morgan fingerprint density at radius 3 is 2.95 bits per heavy atom. The summed E-state index contributed by atoms with van der Waals surface area (Å²) in [7, 11) is 0. The van der Waals surface area contributed by atoms with Crippen LogP contribution in [0, 0.1) is 0 Å². The van der Waals surface area contributed by atoms with E-state index in [1.807, 2.05) is 25.1 Å². The summed E-state index contributed by atoms with van der Waals surface area (Å²) in [6.07, 6.45) is 4.90. The minimum absolute atomic E-state index is 0.0583. The molecule has 2 aromatic rings. The summed E-state index contributed by atoms with van der Waals surface area (Å²) in [5.74, 6) is 0.0583. The SMILES string of the molecule is CCCNC(=O)CCNc1ccc2cnccc2c1N. The monoisotopic (exact) mass is 272 g/mol. The third kappa shape index (κ3) is 3.38. The van der Waals surface area contributed by atoms with Crippen LogP contribution < -0.4 is 16.4 Å². The molecule has 2 rings (SSSR count). The van der Waals surface area contributed by atoms with Gasteiger partial charge in [0.05, 0.1) is 11.4 Å². The third-order valence-electron chi connectivity index (χ3n) is 3.10. The van der Waals surface area contributed by atoms with Gasteiger partial charge in [-0.3, -0.25) is 9.78 Å². The Bertz CT molecular complexity index is 597. The summed E-state index contributed by atoms with van der Waals surface area (Å²) < 4.78 is 0. The number of amides is 1. The van der Waals surface area contributed by atoms with Gasteiger partial charge in [-0.1, -0.05) is 13.0 Å². The number of anilines is 2. The van der Waals surface area contributed by atoms with Crippen molar-refractivity contribution in [1.29, 1.82) is 0 Å².